The van der Waals surface area contributed by atoms with Crippen LogP contribution in [0.2, 0.25) is 0 Å². The molecule has 0 saturated carbocycles. The Morgan fingerprint density at radius 3 is 1.32 bits per heavy atom. The van der Waals surface area contributed by atoms with Crippen LogP contribution in [0, 0.1) is 11.3 Å². The molecule has 0 bridgehead atoms. The fourth-order valence-electron chi connectivity index (χ4n) is 7.74. The molecule has 0 fully saturated rings. The highest BCUT2D eigenvalue weighted by atomic mass is 35.5. The van der Waals surface area contributed by atoms with Gasteiger partial charge >= 0.3 is 12.4 Å². The number of hydrogen-bond acceptors (Lipinski definition) is 8. The van der Waals surface area contributed by atoms with E-state index in [1.807, 2.05) is 64.1 Å². The molecule has 0 aliphatic heterocycles. The summed E-state index contributed by atoms with van der Waals surface area (Å²) < 4.78 is 104. The fourth-order valence-corrected chi connectivity index (χ4v) is 7.74. The van der Waals surface area contributed by atoms with Gasteiger partial charge in [0.1, 0.15) is 17.6 Å². The molecule has 0 aliphatic rings. The first kappa shape index (κ1) is 57.9. The Bertz CT molecular complexity index is 2620. The Balaban J connectivity index is 0.000000341. The van der Waals surface area contributed by atoms with Crippen LogP contribution in [0.4, 0.5) is 26.3 Å². The number of carbonyl (C=O) groups is 1. The summed E-state index contributed by atoms with van der Waals surface area (Å²) in [5, 5.41) is 16.5. The maximum Gasteiger partial charge on any atom is 0.437 e. The molecule has 0 spiro atoms. The van der Waals surface area contributed by atoms with Crippen molar-refractivity contribution in [2.75, 3.05) is 5.34 Å². The van der Waals surface area contributed by atoms with Gasteiger partial charge in [0.2, 0.25) is 12.2 Å². The second kappa shape index (κ2) is 25.9. The van der Waals surface area contributed by atoms with Gasteiger partial charge in [0.05, 0.1) is 16.1 Å². The van der Waals surface area contributed by atoms with Crippen LogP contribution in [0.1, 0.15) is 168 Å². The molecule has 2 aromatic heterocycles. The van der Waals surface area contributed by atoms with Crippen molar-refractivity contribution in [3.05, 3.63) is 117 Å². The van der Waals surface area contributed by atoms with Crippen LogP contribution in [-0.4, -0.2) is 21.6 Å². The average Bonchev–Trinajstić information content (AvgIpc) is 3.92. The average molecular weight is 1010 g/mol. The first-order valence-corrected chi connectivity index (χ1v) is 23.6. The number of rotatable bonds is 17. The zero-order valence-corrected chi connectivity index (χ0v) is 40.9. The molecule has 6 aromatic rings. The third kappa shape index (κ3) is 14.3. The molecule has 6 rings (SSSR count). The zero-order valence-electron chi connectivity index (χ0n) is 39.4. The number of nitrogens with two attached hydrogens (primary N) is 1. The summed E-state index contributed by atoms with van der Waals surface area (Å²) in [4.78, 5) is 12.4. The minimum Gasteiger partial charge on any atom is -0.475 e. The molecule has 2 atom stereocenters. The number of carbonyl (C=O) groups excluding carboxylic acids is 1. The molecule has 376 valence electrons. The lowest BCUT2D eigenvalue weighted by molar-refractivity contribution is -0.142. The first-order valence-electron chi connectivity index (χ1n) is 22.6. The molecule has 1 amide bonds. The number of aryl methyl sites for hydroxylation is 4. The SMILES string of the molecule is C.CCCc1cc2c(C(F)(F)F)noc2c(CCC)c1OC(C#N)c1ccc(C(C)C)cc1.CCCc1cc2c(C(F)(F)F)noc2c(CCC)c1OC(C(N)=O)c1ccc(C(C)C)cc1.ClCCl. The number of benzene rings is 4. The van der Waals surface area contributed by atoms with Crippen LogP contribution in [0.25, 0.3) is 21.9 Å². The summed E-state index contributed by atoms with van der Waals surface area (Å²) >= 11 is 9.53. The fraction of sp³-hybridized carbons (Fsp3) is 0.462. The van der Waals surface area contributed by atoms with Gasteiger partial charge in [-0.05, 0) is 71.9 Å². The van der Waals surface area contributed by atoms with Gasteiger partial charge < -0.3 is 24.3 Å². The third-order valence-electron chi connectivity index (χ3n) is 11.0. The van der Waals surface area contributed by atoms with E-state index in [-0.39, 0.29) is 34.7 Å². The van der Waals surface area contributed by atoms with Crippen LogP contribution in [0.3, 0.4) is 0 Å². The van der Waals surface area contributed by atoms with E-state index >= 15 is 0 Å². The predicted octanol–water partition coefficient (Wildman–Crippen LogP) is 16.1. The van der Waals surface area contributed by atoms with E-state index in [2.05, 4.69) is 44.1 Å². The van der Waals surface area contributed by atoms with Crippen molar-refractivity contribution in [2.24, 2.45) is 5.73 Å². The molecule has 2 unspecified atom stereocenters. The van der Waals surface area contributed by atoms with Crippen LogP contribution in [-0.2, 0) is 42.8 Å². The quantitative estimate of drug-likeness (QED) is 0.0704. The van der Waals surface area contributed by atoms with Gasteiger partial charge in [0, 0.05) is 22.3 Å². The second-order valence-electron chi connectivity index (χ2n) is 16.8. The van der Waals surface area contributed by atoms with Gasteiger partial charge in [0.25, 0.3) is 5.91 Å². The number of nitriles is 1. The molecule has 17 heteroatoms. The number of ether oxygens (including phenoxy) is 2. The summed E-state index contributed by atoms with van der Waals surface area (Å²) in [6.45, 7) is 16.0. The number of nitrogens with zero attached hydrogens (tertiary/aromatic N) is 3. The van der Waals surface area contributed by atoms with Gasteiger partial charge in [-0.15, -0.1) is 23.2 Å². The lowest BCUT2D eigenvalue weighted by Gasteiger charge is -2.22. The lowest BCUT2D eigenvalue weighted by atomic mass is 9.97. The Labute approximate surface area is 410 Å². The smallest absolute Gasteiger partial charge is 0.437 e. The molecule has 69 heavy (non-hydrogen) atoms. The summed E-state index contributed by atoms with van der Waals surface area (Å²) in [5.74, 6) is 0.745. The van der Waals surface area contributed by atoms with Gasteiger partial charge in [0.15, 0.2) is 22.6 Å². The molecule has 2 N–H and O–H groups in total. The maximum absolute atomic E-state index is 13.5. The largest absolute Gasteiger partial charge is 0.475 e. The summed E-state index contributed by atoms with van der Waals surface area (Å²) in [7, 11) is 0. The third-order valence-corrected chi connectivity index (χ3v) is 11.0. The number of amides is 1. The van der Waals surface area contributed by atoms with Crippen molar-refractivity contribution in [1.29, 1.82) is 5.26 Å². The van der Waals surface area contributed by atoms with Crippen molar-refractivity contribution < 1.29 is 49.7 Å². The molecule has 9 nitrogen and oxygen atoms in total. The molecule has 2 heterocycles. The number of primary amides is 1. The summed E-state index contributed by atoms with van der Waals surface area (Å²) in [6, 6.07) is 20.1. The van der Waals surface area contributed by atoms with Crippen LogP contribution < -0.4 is 15.2 Å². The van der Waals surface area contributed by atoms with E-state index in [4.69, 9.17) is 47.5 Å². The highest BCUT2D eigenvalue weighted by Crippen LogP contribution is 2.44. The van der Waals surface area contributed by atoms with Crippen LogP contribution >= 0.6 is 23.2 Å². The molecular weight excluding hydrogens is 945 g/mol. The number of alkyl halides is 8. The Kier molecular flexibility index (Phi) is 21.8. The Hall–Kier alpha value is -5.46. The van der Waals surface area contributed by atoms with E-state index in [1.54, 1.807) is 12.1 Å². The number of fused-ring (bicyclic) bond motifs is 2. The highest BCUT2D eigenvalue weighted by Gasteiger charge is 2.40. The number of hydrogen-bond donors (Lipinski definition) is 1. The van der Waals surface area contributed by atoms with Crippen molar-refractivity contribution in [1.82, 2.24) is 10.3 Å². The second-order valence-corrected chi connectivity index (χ2v) is 17.6. The van der Waals surface area contributed by atoms with Crippen LogP contribution in [0.5, 0.6) is 11.5 Å². The number of aromatic nitrogens is 2. The van der Waals surface area contributed by atoms with Crippen molar-refractivity contribution in [2.45, 2.75) is 151 Å². The van der Waals surface area contributed by atoms with E-state index in [0.29, 0.717) is 108 Å². The van der Waals surface area contributed by atoms with Crippen molar-refractivity contribution >= 4 is 51.0 Å². The standard InChI is InChI=1S/C25H29F3N2O3.C25H27F3N2O2.CH2Cl2.CH4/c1-5-7-17-13-19-22(33-30-23(19)25(26,27)28)18(8-6-2)20(17)32-21(24(29)31)16-11-9-15(10-12-16)14(3)4;1-5-7-18-13-20-23(32-30-24(20)25(26,27)28)19(8-6-2)22(18)31-21(14-29)17-11-9-16(10-12-17)15(3)4;2-1-3;/h9-14,21H,5-8H2,1-4H3,(H2,29,31);9-13,15,21H,5-8H2,1-4H3;1H2;1H4. The Morgan fingerprint density at radius 2 is 1.00 bits per heavy atom. The zero-order chi connectivity index (χ0) is 50.5. The summed E-state index contributed by atoms with van der Waals surface area (Å²) in [5.41, 5.74) is 9.37. The van der Waals surface area contributed by atoms with E-state index < -0.39 is 41.9 Å². The molecule has 0 aliphatic carbocycles. The number of halogens is 8. The predicted molar refractivity (Wildman–Crippen MR) is 260 cm³/mol. The van der Waals surface area contributed by atoms with Crippen molar-refractivity contribution in [3.8, 4) is 17.6 Å². The molecular formula is C52H62Cl2F6N4O5. The van der Waals surface area contributed by atoms with Crippen LogP contribution in [0.15, 0.2) is 69.7 Å². The van der Waals surface area contributed by atoms with Gasteiger partial charge in [-0.3, -0.25) is 4.79 Å². The van der Waals surface area contributed by atoms with Crippen molar-refractivity contribution in [3.63, 3.8) is 0 Å². The van der Waals surface area contributed by atoms with E-state index in [9.17, 15) is 36.4 Å². The lowest BCUT2D eigenvalue weighted by Crippen LogP contribution is -2.27. The molecule has 0 radical (unpaired) electrons. The van der Waals surface area contributed by atoms with E-state index in [0.717, 1.165) is 11.1 Å². The minimum absolute atomic E-state index is 0. The Morgan fingerprint density at radius 1 is 0.652 bits per heavy atom. The first-order chi connectivity index (χ1) is 32.2. The maximum atomic E-state index is 13.5. The molecule has 0 saturated heterocycles. The van der Waals surface area contributed by atoms with E-state index in [1.165, 1.54) is 12.1 Å². The van der Waals surface area contributed by atoms with Gasteiger partial charge in [-0.1, -0.05) is 147 Å². The summed E-state index contributed by atoms with van der Waals surface area (Å²) in [6.07, 6.45) is -6.76. The normalized spacial score (nSPS) is 12.4. The highest BCUT2D eigenvalue weighted by molar-refractivity contribution is 6.40. The van der Waals surface area contributed by atoms with Gasteiger partial charge in [-0.25, -0.2) is 0 Å². The topological polar surface area (TPSA) is 137 Å². The monoisotopic (exact) mass is 1010 g/mol. The van der Waals surface area contributed by atoms with Gasteiger partial charge in [-0.2, -0.15) is 31.6 Å². The molecule has 4 aromatic carbocycles. The minimum atomic E-state index is -4.64.